The van der Waals surface area contributed by atoms with Gasteiger partial charge in [0.15, 0.2) is 0 Å². The number of methoxy groups -OCH3 is 1. The van der Waals surface area contributed by atoms with Gasteiger partial charge in [0.2, 0.25) is 0 Å². The zero-order valence-electron chi connectivity index (χ0n) is 6.64. The third-order valence-corrected chi connectivity index (χ3v) is 1.09. The van der Waals surface area contributed by atoms with Crippen LogP contribution >= 0.6 is 0 Å². The van der Waals surface area contributed by atoms with Crippen molar-refractivity contribution in [3.63, 3.8) is 0 Å². The highest BCUT2D eigenvalue weighted by molar-refractivity contribution is 6.32. The number of carbonyl (C=O) groups excluding carboxylic acids is 2. The van der Waals surface area contributed by atoms with Gasteiger partial charge in [-0.05, 0) is 6.42 Å². The van der Waals surface area contributed by atoms with Crippen molar-refractivity contribution < 1.29 is 14.3 Å². The van der Waals surface area contributed by atoms with Crippen LogP contribution < -0.4 is 5.32 Å². The van der Waals surface area contributed by atoms with Gasteiger partial charge in [0.1, 0.15) is 0 Å². The summed E-state index contributed by atoms with van der Waals surface area (Å²) in [6.07, 6.45) is 0.600. The minimum atomic E-state index is -0.903. The van der Waals surface area contributed by atoms with Crippen molar-refractivity contribution in [2.45, 2.75) is 13.3 Å². The number of amides is 1. The zero-order valence-corrected chi connectivity index (χ0v) is 6.64. The van der Waals surface area contributed by atoms with Gasteiger partial charge in [-0.2, -0.15) is 0 Å². The lowest BCUT2D eigenvalue weighted by Crippen LogP contribution is -2.30. The maximum Gasteiger partial charge on any atom is 0.396 e. The van der Waals surface area contributed by atoms with Gasteiger partial charge < -0.3 is 10.1 Å². The normalized spacial score (nSPS) is 8.55. The lowest BCUT2D eigenvalue weighted by molar-refractivity contribution is -0.152. The average molecular weight is 157 g/mol. The second-order valence-electron chi connectivity index (χ2n) is 1.90. The van der Waals surface area contributed by atoms with Gasteiger partial charge in [-0.25, -0.2) is 4.79 Å². The van der Waals surface area contributed by atoms with Crippen molar-refractivity contribution in [1.82, 2.24) is 5.32 Å². The number of ether oxygens (including phenoxy) is 1. The Morgan fingerprint density at radius 2 is 2.09 bits per heavy atom. The molecule has 0 rings (SSSR count). The van der Waals surface area contributed by atoms with Crippen molar-refractivity contribution >= 4 is 11.9 Å². The summed E-state index contributed by atoms with van der Waals surface area (Å²) in [4.78, 5) is 21.2. The van der Waals surface area contributed by atoms with E-state index in [2.05, 4.69) is 16.6 Å². The molecule has 0 aromatic rings. The highest BCUT2D eigenvalue weighted by Crippen LogP contribution is 1.89. The summed E-state index contributed by atoms with van der Waals surface area (Å²) in [6, 6.07) is 0. The fourth-order valence-electron chi connectivity index (χ4n) is 0.393. The molecule has 0 spiro atoms. The van der Waals surface area contributed by atoms with Gasteiger partial charge in [0.25, 0.3) is 0 Å². The van der Waals surface area contributed by atoms with Crippen LogP contribution in [0.1, 0.15) is 13.3 Å². The van der Waals surface area contributed by atoms with E-state index in [4.69, 9.17) is 0 Å². The Kier molecular flexibility index (Phi) is 3.95. The third-order valence-electron chi connectivity index (χ3n) is 1.09. The Morgan fingerprint density at radius 3 is 2.45 bits per heavy atom. The Labute approximate surface area is 65.2 Å². The molecule has 0 unspecified atom stereocenters. The van der Waals surface area contributed by atoms with Crippen molar-refractivity contribution in [2.75, 3.05) is 7.11 Å². The Hall–Kier alpha value is -1.32. The van der Waals surface area contributed by atoms with Crippen LogP contribution in [0.25, 0.3) is 0 Å². The first kappa shape index (κ1) is 9.68. The van der Waals surface area contributed by atoms with E-state index in [1.54, 1.807) is 0 Å². The molecule has 0 heterocycles. The van der Waals surface area contributed by atoms with E-state index in [1.807, 2.05) is 6.92 Å². The number of nitrogens with one attached hydrogen (secondary N) is 1. The molecule has 1 amide bonds. The van der Waals surface area contributed by atoms with Crippen LogP contribution in [0.5, 0.6) is 0 Å². The van der Waals surface area contributed by atoms with Crippen LogP contribution in [-0.4, -0.2) is 19.0 Å². The first-order chi connectivity index (χ1) is 5.11. The molecule has 0 aliphatic heterocycles. The van der Waals surface area contributed by atoms with Gasteiger partial charge in [-0.1, -0.05) is 13.5 Å². The molecule has 0 aliphatic rings. The average Bonchev–Trinajstić information content (AvgIpc) is 2.02. The minimum Gasteiger partial charge on any atom is -0.462 e. The van der Waals surface area contributed by atoms with E-state index in [0.29, 0.717) is 12.1 Å². The summed E-state index contributed by atoms with van der Waals surface area (Å²) >= 11 is 0. The summed E-state index contributed by atoms with van der Waals surface area (Å²) < 4.78 is 4.17. The second kappa shape index (κ2) is 4.49. The smallest absolute Gasteiger partial charge is 0.396 e. The van der Waals surface area contributed by atoms with E-state index < -0.39 is 11.9 Å². The molecule has 1 N–H and O–H groups in total. The van der Waals surface area contributed by atoms with E-state index in [0.717, 1.165) is 7.11 Å². The first-order valence-corrected chi connectivity index (χ1v) is 3.18. The van der Waals surface area contributed by atoms with Crippen LogP contribution in [-0.2, 0) is 14.3 Å². The molecule has 0 aliphatic carbocycles. The number of carbonyl (C=O) groups is 2. The van der Waals surface area contributed by atoms with Gasteiger partial charge >= 0.3 is 11.9 Å². The second-order valence-corrected chi connectivity index (χ2v) is 1.90. The van der Waals surface area contributed by atoms with Gasteiger partial charge in [0, 0.05) is 5.70 Å². The monoisotopic (exact) mass is 157 g/mol. The lowest BCUT2D eigenvalue weighted by atomic mass is 10.4. The Balaban J connectivity index is 3.88. The molecule has 0 bridgehead atoms. The Bertz CT molecular complexity index is 186. The number of esters is 1. The highest BCUT2D eigenvalue weighted by Gasteiger charge is 2.12. The highest BCUT2D eigenvalue weighted by atomic mass is 16.5. The molecule has 0 saturated carbocycles. The summed E-state index contributed by atoms with van der Waals surface area (Å²) in [7, 11) is 1.15. The molecule has 11 heavy (non-hydrogen) atoms. The molecular weight excluding hydrogens is 146 g/mol. The SMILES string of the molecule is C=C(CC)NC(=O)C(=O)OC. The number of hydrogen-bond donors (Lipinski definition) is 1. The molecule has 0 aromatic carbocycles. The standard InChI is InChI=1S/C7H11NO3/c1-4-5(2)8-6(9)7(10)11-3/h2,4H2,1,3H3,(H,8,9). The number of hydrogen-bond acceptors (Lipinski definition) is 3. The van der Waals surface area contributed by atoms with Crippen molar-refractivity contribution in [1.29, 1.82) is 0 Å². The zero-order chi connectivity index (χ0) is 8.85. The molecule has 62 valence electrons. The fraction of sp³-hybridized carbons (Fsp3) is 0.429. The lowest BCUT2D eigenvalue weighted by Gasteiger charge is -2.02. The molecule has 4 heteroatoms. The number of rotatable bonds is 2. The van der Waals surface area contributed by atoms with Crippen molar-refractivity contribution in [2.24, 2.45) is 0 Å². The Morgan fingerprint density at radius 1 is 1.55 bits per heavy atom. The van der Waals surface area contributed by atoms with Crippen molar-refractivity contribution in [3.05, 3.63) is 12.3 Å². The predicted molar refractivity (Wildman–Crippen MR) is 39.6 cm³/mol. The summed E-state index contributed by atoms with van der Waals surface area (Å²) in [5.41, 5.74) is 0.500. The molecule has 0 saturated heterocycles. The van der Waals surface area contributed by atoms with Gasteiger partial charge in [-0.3, -0.25) is 4.79 Å². The van der Waals surface area contributed by atoms with Gasteiger partial charge in [0.05, 0.1) is 7.11 Å². The van der Waals surface area contributed by atoms with Crippen LogP contribution in [0.2, 0.25) is 0 Å². The van der Waals surface area contributed by atoms with Gasteiger partial charge in [-0.15, -0.1) is 0 Å². The maximum absolute atomic E-state index is 10.7. The van der Waals surface area contributed by atoms with E-state index in [9.17, 15) is 9.59 Å². The molecular formula is C7H11NO3. The topological polar surface area (TPSA) is 55.4 Å². The van der Waals surface area contributed by atoms with E-state index in [-0.39, 0.29) is 0 Å². The molecule has 4 nitrogen and oxygen atoms in total. The molecule has 0 aromatic heterocycles. The largest absolute Gasteiger partial charge is 0.462 e. The minimum absolute atomic E-state index is 0.500. The summed E-state index contributed by atoms with van der Waals surface area (Å²) in [5, 5.41) is 2.27. The van der Waals surface area contributed by atoms with Crippen LogP contribution in [0, 0.1) is 0 Å². The quantitative estimate of drug-likeness (QED) is 0.460. The molecule has 0 fully saturated rings. The van der Waals surface area contributed by atoms with Crippen LogP contribution in [0.4, 0.5) is 0 Å². The predicted octanol–water partition coefficient (Wildman–Crippen LogP) is 0.199. The van der Waals surface area contributed by atoms with E-state index >= 15 is 0 Å². The maximum atomic E-state index is 10.7. The summed E-state index contributed by atoms with van der Waals surface area (Å²) in [5.74, 6) is -1.68. The number of allylic oxidation sites excluding steroid dienone is 1. The summed E-state index contributed by atoms with van der Waals surface area (Å²) in [6.45, 7) is 5.31. The third kappa shape index (κ3) is 3.40. The van der Waals surface area contributed by atoms with Crippen LogP contribution in [0.3, 0.4) is 0 Å². The first-order valence-electron chi connectivity index (χ1n) is 3.18. The van der Waals surface area contributed by atoms with E-state index in [1.165, 1.54) is 0 Å². The fourth-order valence-corrected chi connectivity index (χ4v) is 0.393. The molecule has 0 atom stereocenters. The van der Waals surface area contributed by atoms with Crippen molar-refractivity contribution in [3.8, 4) is 0 Å². The molecule has 0 radical (unpaired) electrons. The van der Waals surface area contributed by atoms with Crippen LogP contribution in [0.15, 0.2) is 12.3 Å².